The molecule has 0 aromatic heterocycles. The van der Waals surface area contributed by atoms with Crippen molar-refractivity contribution in [2.24, 2.45) is 0 Å². The number of esters is 1. The molecule has 0 saturated carbocycles. The Balaban J connectivity index is 1.91. The zero-order chi connectivity index (χ0) is 18.9. The highest BCUT2D eigenvalue weighted by Gasteiger charge is 2.22. The summed E-state index contributed by atoms with van der Waals surface area (Å²) in [7, 11) is 1.43. The Kier molecular flexibility index (Phi) is 6.91. The lowest BCUT2D eigenvalue weighted by atomic mass is 9.97. The van der Waals surface area contributed by atoms with Crippen molar-refractivity contribution in [2.75, 3.05) is 13.7 Å². The molecule has 2 aromatic rings. The molecule has 1 N–H and O–H groups in total. The van der Waals surface area contributed by atoms with E-state index in [2.05, 4.69) is 5.32 Å². The van der Waals surface area contributed by atoms with Crippen LogP contribution in [0.4, 0.5) is 0 Å². The van der Waals surface area contributed by atoms with Gasteiger partial charge in [0.25, 0.3) is 11.8 Å². The predicted molar refractivity (Wildman–Crippen MR) is 95.9 cm³/mol. The first kappa shape index (κ1) is 19.2. The van der Waals surface area contributed by atoms with Gasteiger partial charge in [-0.3, -0.25) is 19.7 Å². The summed E-state index contributed by atoms with van der Waals surface area (Å²) in [5, 5.41) is 2.19. The maximum atomic E-state index is 12.2. The zero-order valence-corrected chi connectivity index (χ0v) is 14.7. The highest BCUT2D eigenvalue weighted by atomic mass is 16.5. The molecule has 1 atom stereocenters. The van der Waals surface area contributed by atoms with Crippen molar-refractivity contribution in [3.05, 3.63) is 65.7 Å². The van der Waals surface area contributed by atoms with Gasteiger partial charge in [-0.2, -0.15) is 0 Å². The number of nitrogens with one attached hydrogen (secondary N) is 1. The van der Waals surface area contributed by atoms with Crippen molar-refractivity contribution in [1.29, 1.82) is 0 Å². The molecular weight excluding hydrogens is 334 g/mol. The highest BCUT2D eigenvalue weighted by Crippen LogP contribution is 2.20. The maximum Gasteiger partial charge on any atom is 0.313 e. The summed E-state index contributed by atoms with van der Waals surface area (Å²) in [6.45, 7) is 1.34. The molecule has 2 rings (SSSR count). The summed E-state index contributed by atoms with van der Waals surface area (Å²) < 4.78 is 10.2. The average molecular weight is 355 g/mol. The molecule has 0 bridgehead atoms. The molecule has 0 heterocycles. The molecule has 0 spiro atoms. The number of carbonyl (C=O) groups excluding carboxylic acids is 3. The summed E-state index contributed by atoms with van der Waals surface area (Å²) in [5.74, 6) is -1.91. The van der Waals surface area contributed by atoms with E-state index in [1.807, 2.05) is 37.3 Å². The Bertz CT molecular complexity index is 773. The lowest BCUT2D eigenvalue weighted by Crippen LogP contribution is -2.34. The SMILES string of the molecule is CC[C@@H](C(=O)OCC(=O)NC(=O)c1ccccc1OC)c1ccccc1. The molecule has 0 aliphatic heterocycles. The number of hydrogen-bond acceptors (Lipinski definition) is 5. The topological polar surface area (TPSA) is 81.7 Å². The van der Waals surface area contributed by atoms with Gasteiger partial charge in [0.15, 0.2) is 6.61 Å². The second-order valence-corrected chi connectivity index (χ2v) is 5.56. The van der Waals surface area contributed by atoms with Gasteiger partial charge in [0.05, 0.1) is 18.6 Å². The number of rotatable bonds is 7. The van der Waals surface area contributed by atoms with Gasteiger partial charge in [-0.05, 0) is 24.1 Å². The summed E-state index contributed by atoms with van der Waals surface area (Å²) in [6, 6.07) is 15.7. The molecule has 2 amide bonds. The van der Waals surface area contributed by atoms with Crippen LogP contribution in [0.25, 0.3) is 0 Å². The summed E-state index contributed by atoms with van der Waals surface area (Å²) >= 11 is 0. The van der Waals surface area contributed by atoms with E-state index in [1.165, 1.54) is 13.2 Å². The molecule has 2 aromatic carbocycles. The van der Waals surface area contributed by atoms with Crippen molar-refractivity contribution >= 4 is 17.8 Å². The molecular formula is C20H21NO5. The van der Waals surface area contributed by atoms with Crippen molar-refractivity contribution in [3.63, 3.8) is 0 Å². The summed E-state index contributed by atoms with van der Waals surface area (Å²) in [6.07, 6.45) is 0.546. The van der Waals surface area contributed by atoms with Crippen molar-refractivity contribution in [1.82, 2.24) is 5.32 Å². The van der Waals surface area contributed by atoms with Crippen molar-refractivity contribution < 1.29 is 23.9 Å². The number of imide groups is 1. The Morgan fingerprint density at radius 3 is 2.31 bits per heavy atom. The molecule has 26 heavy (non-hydrogen) atoms. The molecule has 0 unspecified atom stereocenters. The number of amides is 2. The second kappa shape index (κ2) is 9.36. The van der Waals surface area contributed by atoms with Crippen LogP contribution in [0.1, 0.15) is 35.2 Å². The minimum absolute atomic E-state index is 0.227. The number of methoxy groups -OCH3 is 1. The second-order valence-electron chi connectivity index (χ2n) is 5.56. The van der Waals surface area contributed by atoms with Gasteiger partial charge in [-0.25, -0.2) is 0 Å². The average Bonchev–Trinajstić information content (AvgIpc) is 2.67. The van der Waals surface area contributed by atoms with Gasteiger partial charge in [-0.1, -0.05) is 49.4 Å². The van der Waals surface area contributed by atoms with E-state index in [4.69, 9.17) is 9.47 Å². The van der Waals surface area contributed by atoms with Gasteiger partial charge in [0.1, 0.15) is 5.75 Å². The normalized spacial score (nSPS) is 11.3. The van der Waals surface area contributed by atoms with Crippen LogP contribution in [0.15, 0.2) is 54.6 Å². The first-order valence-corrected chi connectivity index (χ1v) is 8.25. The predicted octanol–water partition coefficient (Wildman–Crippen LogP) is 2.69. The Morgan fingerprint density at radius 1 is 1.00 bits per heavy atom. The monoisotopic (exact) mass is 355 g/mol. The lowest BCUT2D eigenvalue weighted by molar-refractivity contribution is -0.149. The minimum atomic E-state index is -0.697. The third kappa shape index (κ3) is 4.92. The van der Waals surface area contributed by atoms with E-state index in [0.717, 1.165) is 5.56 Å². The van der Waals surface area contributed by atoms with Gasteiger partial charge in [-0.15, -0.1) is 0 Å². The number of carbonyl (C=O) groups is 3. The van der Waals surface area contributed by atoms with E-state index in [9.17, 15) is 14.4 Å². The van der Waals surface area contributed by atoms with Gasteiger partial charge in [0.2, 0.25) is 0 Å². The van der Waals surface area contributed by atoms with Crippen molar-refractivity contribution in [3.8, 4) is 5.75 Å². The fourth-order valence-electron chi connectivity index (χ4n) is 2.52. The molecule has 0 radical (unpaired) electrons. The number of benzene rings is 2. The first-order valence-electron chi connectivity index (χ1n) is 8.25. The highest BCUT2D eigenvalue weighted by molar-refractivity contribution is 6.06. The minimum Gasteiger partial charge on any atom is -0.496 e. The molecule has 6 nitrogen and oxygen atoms in total. The van der Waals surface area contributed by atoms with Crippen LogP contribution in [0.3, 0.4) is 0 Å². The van der Waals surface area contributed by atoms with Crippen LogP contribution in [0.5, 0.6) is 5.75 Å². The molecule has 0 aliphatic carbocycles. The Labute approximate surface area is 152 Å². The Morgan fingerprint density at radius 2 is 1.65 bits per heavy atom. The van der Waals surface area contributed by atoms with E-state index in [1.54, 1.807) is 18.2 Å². The fraction of sp³-hybridized carbons (Fsp3) is 0.250. The third-order valence-electron chi connectivity index (χ3n) is 3.84. The number of hydrogen-bond donors (Lipinski definition) is 1. The smallest absolute Gasteiger partial charge is 0.313 e. The van der Waals surface area contributed by atoms with Gasteiger partial charge >= 0.3 is 5.97 Å². The first-order chi connectivity index (χ1) is 12.6. The van der Waals surface area contributed by atoms with Gasteiger partial charge < -0.3 is 9.47 Å². The molecule has 136 valence electrons. The van der Waals surface area contributed by atoms with E-state index < -0.39 is 30.3 Å². The largest absolute Gasteiger partial charge is 0.496 e. The standard InChI is InChI=1S/C20H21NO5/c1-3-15(14-9-5-4-6-10-14)20(24)26-13-18(22)21-19(23)16-11-7-8-12-17(16)25-2/h4-12,15H,3,13H2,1-2H3,(H,21,22,23)/t15-/m1/s1. The maximum absolute atomic E-state index is 12.2. The number of para-hydroxylation sites is 1. The number of ether oxygens (including phenoxy) is 2. The summed E-state index contributed by atoms with van der Waals surface area (Å²) in [5.41, 5.74) is 1.05. The van der Waals surface area contributed by atoms with Gasteiger partial charge in [0, 0.05) is 0 Å². The lowest BCUT2D eigenvalue weighted by Gasteiger charge is -2.14. The Hall–Kier alpha value is -3.15. The van der Waals surface area contributed by atoms with Crippen LogP contribution < -0.4 is 10.1 Å². The molecule has 6 heteroatoms. The summed E-state index contributed by atoms with van der Waals surface area (Å²) in [4.78, 5) is 36.3. The quantitative estimate of drug-likeness (QED) is 0.772. The van der Waals surface area contributed by atoms with E-state index in [0.29, 0.717) is 12.2 Å². The van der Waals surface area contributed by atoms with Crippen LogP contribution in [-0.4, -0.2) is 31.5 Å². The van der Waals surface area contributed by atoms with Crippen LogP contribution >= 0.6 is 0 Å². The van der Waals surface area contributed by atoms with Crippen LogP contribution in [0, 0.1) is 0 Å². The van der Waals surface area contributed by atoms with Crippen molar-refractivity contribution in [2.45, 2.75) is 19.3 Å². The molecule has 0 aliphatic rings. The van der Waals surface area contributed by atoms with E-state index >= 15 is 0 Å². The van der Waals surface area contributed by atoms with Crippen LogP contribution in [-0.2, 0) is 14.3 Å². The van der Waals surface area contributed by atoms with E-state index in [-0.39, 0.29) is 5.56 Å². The zero-order valence-electron chi connectivity index (χ0n) is 14.7. The molecule has 0 fully saturated rings. The third-order valence-corrected chi connectivity index (χ3v) is 3.84. The fourth-order valence-corrected chi connectivity index (χ4v) is 2.52. The van der Waals surface area contributed by atoms with Crippen LogP contribution in [0.2, 0.25) is 0 Å². The molecule has 0 saturated heterocycles.